The summed E-state index contributed by atoms with van der Waals surface area (Å²) in [7, 11) is 0. The van der Waals surface area contributed by atoms with Crippen LogP contribution in [0.1, 0.15) is 18.4 Å². The zero-order chi connectivity index (χ0) is 16.1. The van der Waals surface area contributed by atoms with Gasteiger partial charge in [-0.25, -0.2) is 4.98 Å². The molecule has 1 aliphatic rings. The minimum absolute atomic E-state index is 0.0318. The predicted octanol–water partition coefficient (Wildman–Crippen LogP) is 3.46. The summed E-state index contributed by atoms with van der Waals surface area (Å²) in [6.45, 7) is 1.40. The molecule has 1 aliphatic heterocycles. The number of ether oxygens (including phenoxy) is 1. The highest BCUT2D eigenvalue weighted by molar-refractivity contribution is 9.10. The summed E-state index contributed by atoms with van der Waals surface area (Å²) < 4.78 is 6.77. The number of pyridine rings is 1. The fourth-order valence-corrected chi connectivity index (χ4v) is 2.94. The number of hydrogen-bond donors (Lipinski definition) is 0. The van der Waals surface area contributed by atoms with E-state index in [4.69, 9.17) is 4.74 Å². The van der Waals surface area contributed by atoms with Crippen LogP contribution in [-0.2, 0) is 11.2 Å². The zero-order valence-electron chi connectivity index (χ0n) is 12.8. The van der Waals surface area contributed by atoms with Crippen LogP contribution in [0, 0.1) is 0 Å². The zero-order valence-corrected chi connectivity index (χ0v) is 14.4. The summed E-state index contributed by atoms with van der Waals surface area (Å²) >= 11 is 3.35. The summed E-state index contributed by atoms with van der Waals surface area (Å²) in [6.07, 6.45) is 3.94. The Bertz CT molecular complexity index is 646. The number of amides is 1. The Labute approximate surface area is 144 Å². The van der Waals surface area contributed by atoms with Gasteiger partial charge in [-0.15, -0.1) is 0 Å². The fourth-order valence-electron chi connectivity index (χ4n) is 2.71. The molecule has 1 saturated heterocycles. The molecule has 23 heavy (non-hydrogen) atoms. The molecule has 1 fully saturated rings. The van der Waals surface area contributed by atoms with Gasteiger partial charge >= 0.3 is 0 Å². The van der Waals surface area contributed by atoms with Crippen molar-refractivity contribution in [3.8, 4) is 5.88 Å². The van der Waals surface area contributed by atoms with E-state index >= 15 is 0 Å². The molecule has 0 N–H and O–H groups in total. The third-order valence-electron chi connectivity index (χ3n) is 3.96. The molecule has 2 heterocycles. The van der Waals surface area contributed by atoms with Crippen LogP contribution >= 0.6 is 15.9 Å². The van der Waals surface area contributed by atoms with Crippen LogP contribution in [0.15, 0.2) is 53.1 Å². The van der Waals surface area contributed by atoms with E-state index in [-0.39, 0.29) is 12.0 Å². The lowest BCUT2D eigenvalue weighted by atomic mass is 10.1. The van der Waals surface area contributed by atoms with Gasteiger partial charge in [0.15, 0.2) is 0 Å². The van der Waals surface area contributed by atoms with E-state index in [1.54, 1.807) is 6.20 Å². The van der Waals surface area contributed by atoms with Gasteiger partial charge in [0.05, 0.1) is 6.54 Å². The molecule has 5 heteroatoms. The number of benzene rings is 1. The molecule has 1 unspecified atom stereocenters. The maximum absolute atomic E-state index is 12.3. The fraction of sp³-hybridized carbons (Fsp3) is 0.333. The minimum atomic E-state index is 0.0318. The van der Waals surface area contributed by atoms with Crippen molar-refractivity contribution < 1.29 is 9.53 Å². The van der Waals surface area contributed by atoms with E-state index in [1.807, 2.05) is 35.2 Å². The molecular weight excluding hydrogens is 356 g/mol. The SMILES string of the molecule is O=C(CCc1ccccc1)N1CCC(Oc2ccc(Br)cn2)C1. The lowest BCUT2D eigenvalue weighted by Crippen LogP contribution is -2.31. The largest absolute Gasteiger partial charge is 0.472 e. The first-order chi connectivity index (χ1) is 11.2. The molecule has 0 spiro atoms. The maximum Gasteiger partial charge on any atom is 0.223 e. The molecule has 120 valence electrons. The van der Waals surface area contributed by atoms with E-state index < -0.39 is 0 Å². The van der Waals surface area contributed by atoms with Gasteiger partial charge in [0.25, 0.3) is 0 Å². The third kappa shape index (κ3) is 4.55. The second-order valence-electron chi connectivity index (χ2n) is 5.67. The highest BCUT2D eigenvalue weighted by atomic mass is 79.9. The number of hydrogen-bond acceptors (Lipinski definition) is 3. The van der Waals surface area contributed by atoms with Gasteiger partial charge in [-0.3, -0.25) is 4.79 Å². The normalized spacial score (nSPS) is 17.3. The van der Waals surface area contributed by atoms with E-state index in [9.17, 15) is 4.79 Å². The van der Waals surface area contributed by atoms with Crippen molar-refractivity contribution in [1.82, 2.24) is 9.88 Å². The van der Waals surface area contributed by atoms with Gasteiger partial charge in [-0.2, -0.15) is 0 Å². The van der Waals surface area contributed by atoms with Crippen LogP contribution < -0.4 is 4.74 Å². The quantitative estimate of drug-likeness (QED) is 0.804. The Morgan fingerprint density at radius 1 is 1.26 bits per heavy atom. The molecule has 2 aromatic rings. The molecule has 0 aliphatic carbocycles. The summed E-state index contributed by atoms with van der Waals surface area (Å²) in [4.78, 5) is 18.4. The molecule has 1 aromatic carbocycles. The summed E-state index contributed by atoms with van der Waals surface area (Å²) in [5, 5.41) is 0. The van der Waals surface area contributed by atoms with Gasteiger partial charge < -0.3 is 9.64 Å². The van der Waals surface area contributed by atoms with Crippen molar-refractivity contribution in [2.75, 3.05) is 13.1 Å². The Morgan fingerprint density at radius 3 is 2.83 bits per heavy atom. The van der Waals surface area contributed by atoms with Crippen molar-refractivity contribution in [3.05, 3.63) is 58.7 Å². The lowest BCUT2D eigenvalue weighted by Gasteiger charge is -2.17. The highest BCUT2D eigenvalue weighted by Crippen LogP contribution is 2.19. The summed E-state index contributed by atoms with van der Waals surface area (Å²) in [6, 6.07) is 13.9. The number of aromatic nitrogens is 1. The molecule has 0 bridgehead atoms. The third-order valence-corrected chi connectivity index (χ3v) is 4.42. The van der Waals surface area contributed by atoms with Gasteiger partial charge in [0, 0.05) is 36.1 Å². The topological polar surface area (TPSA) is 42.4 Å². The molecule has 1 atom stereocenters. The first-order valence-electron chi connectivity index (χ1n) is 7.80. The average molecular weight is 375 g/mol. The number of nitrogens with zero attached hydrogens (tertiary/aromatic N) is 2. The minimum Gasteiger partial charge on any atom is -0.472 e. The smallest absolute Gasteiger partial charge is 0.223 e. The average Bonchev–Trinajstić information content (AvgIpc) is 3.04. The lowest BCUT2D eigenvalue weighted by molar-refractivity contribution is -0.130. The standard InChI is InChI=1S/C18H19BrN2O2/c19-15-7-8-17(20-12-15)23-16-10-11-21(13-16)18(22)9-6-14-4-2-1-3-5-14/h1-5,7-8,12,16H,6,9-11,13H2. The molecule has 1 aromatic heterocycles. The van der Waals surface area contributed by atoms with Crippen molar-refractivity contribution in [1.29, 1.82) is 0 Å². The van der Waals surface area contributed by atoms with E-state index in [1.165, 1.54) is 5.56 Å². The number of aryl methyl sites for hydroxylation is 1. The molecule has 0 radical (unpaired) electrons. The summed E-state index contributed by atoms with van der Waals surface area (Å²) in [5.74, 6) is 0.806. The van der Waals surface area contributed by atoms with Crippen LogP contribution in [0.5, 0.6) is 5.88 Å². The van der Waals surface area contributed by atoms with Crippen LogP contribution in [0.3, 0.4) is 0 Å². The van der Waals surface area contributed by atoms with Crippen molar-refractivity contribution >= 4 is 21.8 Å². The van der Waals surface area contributed by atoms with E-state index in [0.717, 1.165) is 23.9 Å². The van der Waals surface area contributed by atoms with Crippen LogP contribution in [0.2, 0.25) is 0 Å². The van der Waals surface area contributed by atoms with E-state index in [0.29, 0.717) is 18.8 Å². The predicted molar refractivity (Wildman–Crippen MR) is 92.3 cm³/mol. The Hall–Kier alpha value is -1.88. The molecule has 1 amide bonds. The monoisotopic (exact) mass is 374 g/mol. The Kier molecular flexibility index (Phi) is 5.28. The number of halogens is 1. The van der Waals surface area contributed by atoms with Crippen molar-refractivity contribution in [2.45, 2.75) is 25.4 Å². The van der Waals surface area contributed by atoms with Crippen LogP contribution in [-0.4, -0.2) is 35.0 Å². The van der Waals surface area contributed by atoms with E-state index in [2.05, 4.69) is 33.0 Å². The number of carbonyl (C=O) groups is 1. The van der Waals surface area contributed by atoms with Crippen LogP contribution in [0.25, 0.3) is 0 Å². The second-order valence-corrected chi connectivity index (χ2v) is 6.58. The van der Waals surface area contributed by atoms with Gasteiger partial charge in [-0.05, 0) is 34.0 Å². The molecular formula is C18H19BrN2O2. The highest BCUT2D eigenvalue weighted by Gasteiger charge is 2.27. The maximum atomic E-state index is 12.3. The van der Waals surface area contributed by atoms with Crippen molar-refractivity contribution in [2.24, 2.45) is 0 Å². The number of likely N-dealkylation sites (tertiary alicyclic amines) is 1. The Morgan fingerprint density at radius 2 is 2.09 bits per heavy atom. The second kappa shape index (κ2) is 7.59. The molecule has 4 nitrogen and oxygen atoms in total. The first kappa shape index (κ1) is 16.0. The number of rotatable bonds is 5. The van der Waals surface area contributed by atoms with Gasteiger partial charge in [0.2, 0.25) is 11.8 Å². The summed E-state index contributed by atoms with van der Waals surface area (Å²) in [5.41, 5.74) is 1.20. The van der Waals surface area contributed by atoms with Gasteiger partial charge in [-0.1, -0.05) is 30.3 Å². The van der Waals surface area contributed by atoms with Gasteiger partial charge in [0.1, 0.15) is 6.10 Å². The molecule has 0 saturated carbocycles. The van der Waals surface area contributed by atoms with Crippen LogP contribution in [0.4, 0.5) is 0 Å². The number of carbonyl (C=O) groups excluding carboxylic acids is 1. The first-order valence-corrected chi connectivity index (χ1v) is 8.60. The Balaban J connectivity index is 1.47. The molecule has 3 rings (SSSR count). The van der Waals surface area contributed by atoms with Crippen molar-refractivity contribution in [3.63, 3.8) is 0 Å².